The minimum absolute atomic E-state index is 0.0302. The molecule has 1 saturated carbocycles. The first kappa shape index (κ1) is 19.3. The van der Waals surface area contributed by atoms with Crippen LogP contribution in [0.5, 0.6) is 11.5 Å². The summed E-state index contributed by atoms with van der Waals surface area (Å²) in [5, 5.41) is 13.5. The average Bonchev–Trinajstić information content (AvgIpc) is 3.50. The number of aromatic nitrogens is 3. The highest BCUT2D eigenvalue weighted by atomic mass is 19.1. The number of aliphatic hydroxyl groups is 1. The molecule has 0 unspecified atom stereocenters. The molecule has 0 saturated heterocycles. The predicted molar refractivity (Wildman–Crippen MR) is 103 cm³/mol. The highest BCUT2D eigenvalue weighted by Crippen LogP contribution is 2.29. The molecule has 0 aliphatic heterocycles. The van der Waals surface area contributed by atoms with Gasteiger partial charge in [-0.05, 0) is 43.9 Å². The van der Waals surface area contributed by atoms with Crippen molar-refractivity contribution in [1.29, 1.82) is 0 Å². The molecule has 2 heterocycles. The molecule has 9 heteroatoms. The summed E-state index contributed by atoms with van der Waals surface area (Å²) >= 11 is 0. The first-order chi connectivity index (χ1) is 13.9. The Morgan fingerprint density at radius 2 is 2.10 bits per heavy atom. The van der Waals surface area contributed by atoms with Crippen molar-refractivity contribution in [2.75, 3.05) is 11.9 Å². The molecule has 29 heavy (non-hydrogen) atoms. The van der Waals surface area contributed by atoms with Gasteiger partial charge in [0.15, 0.2) is 17.3 Å². The number of anilines is 1. The molecule has 1 aliphatic carbocycles. The Kier molecular flexibility index (Phi) is 5.14. The van der Waals surface area contributed by atoms with Crippen molar-refractivity contribution < 1.29 is 18.6 Å². The fourth-order valence-electron chi connectivity index (χ4n) is 2.96. The minimum atomic E-state index is -0.928. The van der Waals surface area contributed by atoms with Gasteiger partial charge in [0.25, 0.3) is 5.56 Å². The van der Waals surface area contributed by atoms with E-state index in [2.05, 4.69) is 15.3 Å². The molecular formula is C20H20F2N4O3. The number of fused-ring (bicyclic) bond motifs is 1. The summed E-state index contributed by atoms with van der Waals surface area (Å²) in [5.74, 6) is -1.13. The standard InChI is InChI=1S/C20H20F2N4O3/c1-11(27)10-26-18-13(9-24-20(25-18)23-8-12-2-3-12)6-17(19(26)28)29-16-5-4-14(21)7-15(16)22/h4-7,9,11-12,27H,2-3,8,10H2,1H3,(H,23,24,25)/t11-/m1/s1. The Bertz CT molecular complexity index is 1110. The molecule has 1 aromatic carbocycles. The molecule has 7 nitrogen and oxygen atoms in total. The summed E-state index contributed by atoms with van der Waals surface area (Å²) in [7, 11) is 0. The van der Waals surface area contributed by atoms with Crippen LogP contribution in [-0.2, 0) is 6.54 Å². The first-order valence-electron chi connectivity index (χ1n) is 9.36. The third-order valence-corrected chi connectivity index (χ3v) is 4.60. The average molecular weight is 402 g/mol. The van der Waals surface area contributed by atoms with Gasteiger partial charge in [-0.25, -0.2) is 13.8 Å². The second kappa shape index (κ2) is 7.75. The van der Waals surface area contributed by atoms with E-state index >= 15 is 0 Å². The number of pyridine rings is 1. The number of hydrogen-bond donors (Lipinski definition) is 2. The van der Waals surface area contributed by atoms with Crippen LogP contribution in [0.1, 0.15) is 19.8 Å². The van der Waals surface area contributed by atoms with Crippen molar-refractivity contribution in [3.63, 3.8) is 0 Å². The van der Waals surface area contributed by atoms with Crippen LogP contribution in [0.2, 0.25) is 0 Å². The van der Waals surface area contributed by atoms with Crippen LogP contribution < -0.4 is 15.6 Å². The van der Waals surface area contributed by atoms with E-state index in [1.165, 1.54) is 29.7 Å². The van der Waals surface area contributed by atoms with Crippen LogP contribution in [-0.4, -0.2) is 32.3 Å². The smallest absolute Gasteiger partial charge is 0.295 e. The van der Waals surface area contributed by atoms with Crippen LogP contribution in [0.25, 0.3) is 11.0 Å². The minimum Gasteiger partial charge on any atom is -0.448 e. The quantitative estimate of drug-likeness (QED) is 0.631. The van der Waals surface area contributed by atoms with Crippen LogP contribution in [0.4, 0.5) is 14.7 Å². The maximum atomic E-state index is 14.0. The van der Waals surface area contributed by atoms with Gasteiger partial charge >= 0.3 is 0 Å². The number of aliphatic hydroxyl groups excluding tert-OH is 1. The van der Waals surface area contributed by atoms with Gasteiger partial charge in [-0.1, -0.05) is 0 Å². The van der Waals surface area contributed by atoms with E-state index in [-0.39, 0.29) is 18.0 Å². The Balaban J connectivity index is 1.75. The molecule has 1 atom stereocenters. The van der Waals surface area contributed by atoms with Crippen LogP contribution in [0.15, 0.2) is 35.3 Å². The zero-order valence-electron chi connectivity index (χ0n) is 15.7. The summed E-state index contributed by atoms with van der Waals surface area (Å²) in [6.45, 7) is 2.27. The normalized spacial score (nSPS) is 14.8. The fraction of sp³-hybridized carbons (Fsp3) is 0.350. The molecule has 0 amide bonds. The van der Waals surface area contributed by atoms with Crippen molar-refractivity contribution in [3.8, 4) is 11.5 Å². The summed E-state index contributed by atoms with van der Waals surface area (Å²) in [6.07, 6.45) is 3.05. The van der Waals surface area contributed by atoms with Crippen LogP contribution in [0, 0.1) is 17.6 Å². The molecule has 152 valence electrons. The zero-order valence-corrected chi connectivity index (χ0v) is 15.7. The second-order valence-electron chi connectivity index (χ2n) is 7.25. The van der Waals surface area contributed by atoms with E-state index < -0.39 is 23.3 Å². The Morgan fingerprint density at radius 3 is 2.79 bits per heavy atom. The van der Waals surface area contributed by atoms with E-state index in [0.29, 0.717) is 29.0 Å². The zero-order chi connectivity index (χ0) is 20.5. The van der Waals surface area contributed by atoms with Gasteiger partial charge in [-0.15, -0.1) is 0 Å². The lowest BCUT2D eigenvalue weighted by molar-refractivity contribution is 0.173. The largest absolute Gasteiger partial charge is 0.448 e. The Morgan fingerprint density at radius 1 is 1.31 bits per heavy atom. The van der Waals surface area contributed by atoms with E-state index in [4.69, 9.17) is 4.74 Å². The molecule has 3 aromatic rings. The molecule has 1 aliphatic rings. The summed E-state index contributed by atoms with van der Waals surface area (Å²) in [5.41, 5.74) is -0.259. The van der Waals surface area contributed by atoms with E-state index in [1.54, 1.807) is 6.92 Å². The molecule has 0 radical (unpaired) electrons. The number of hydrogen-bond acceptors (Lipinski definition) is 6. The lowest BCUT2D eigenvalue weighted by Crippen LogP contribution is -2.27. The van der Waals surface area contributed by atoms with Gasteiger partial charge in [0.1, 0.15) is 11.5 Å². The molecule has 0 bridgehead atoms. The van der Waals surface area contributed by atoms with Crippen molar-refractivity contribution >= 4 is 17.0 Å². The number of nitrogens with zero attached hydrogens (tertiary/aromatic N) is 3. The maximum absolute atomic E-state index is 14.0. The molecule has 1 fully saturated rings. The topological polar surface area (TPSA) is 89.3 Å². The van der Waals surface area contributed by atoms with Gasteiger partial charge in [0.05, 0.1) is 12.6 Å². The number of halogens is 2. The van der Waals surface area contributed by atoms with E-state index in [1.807, 2.05) is 0 Å². The highest BCUT2D eigenvalue weighted by Gasteiger charge is 2.21. The molecule has 4 rings (SSSR count). The van der Waals surface area contributed by atoms with Crippen LogP contribution in [0.3, 0.4) is 0 Å². The summed E-state index contributed by atoms with van der Waals surface area (Å²) in [6, 6.07) is 4.22. The third kappa shape index (κ3) is 4.34. The highest BCUT2D eigenvalue weighted by molar-refractivity contribution is 5.77. The van der Waals surface area contributed by atoms with Gasteiger partial charge in [0, 0.05) is 24.2 Å². The summed E-state index contributed by atoms with van der Waals surface area (Å²) in [4.78, 5) is 21.6. The Hall–Kier alpha value is -3.07. The SMILES string of the molecule is C[C@@H](O)Cn1c(=O)c(Oc2ccc(F)cc2F)cc2cnc(NCC3CC3)nc21. The van der Waals surface area contributed by atoms with E-state index in [0.717, 1.165) is 18.7 Å². The van der Waals surface area contributed by atoms with Crippen molar-refractivity contribution in [2.24, 2.45) is 5.92 Å². The number of ether oxygens (including phenoxy) is 1. The third-order valence-electron chi connectivity index (χ3n) is 4.60. The number of rotatable bonds is 7. The number of benzene rings is 1. The van der Waals surface area contributed by atoms with Crippen molar-refractivity contribution in [1.82, 2.24) is 14.5 Å². The Labute approximate surface area is 165 Å². The fourth-order valence-corrected chi connectivity index (χ4v) is 2.96. The lowest BCUT2D eigenvalue weighted by Gasteiger charge is -2.15. The second-order valence-corrected chi connectivity index (χ2v) is 7.25. The van der Waals surface area contributed by atoms with Gasteiger partial charge in [0.2, 0.25) is 5.95 Å². The maximum Gasteiger partial charge on any atom is 0.295 e. The van der Waals surface area contributed by atoms with Crippen molar-refractivity contribution in [2.45, 2.75) is 32.4 Å². The molecule has 2 N–H and O–H groups in total. The number of nitrogens with one attached hydrogen (secondary N) is 1. The van der Waals surface area contributed by atoms with Gasteiger partial charge < -0.3 is 15.2 Å². The molecule has 2 aromatic heterocycles. The van der Waals surface area contributed by atoms with Gasteiger partial charge in [-0.3, -0.25) is 9.36 Å². The van der Waals surface area contributed by atoms with Crippen molar-refractivity contribution in [3.05, 3.63) is 52.5 Å². The summed E-state index contributed by atoms with van der Waals surface area (Å²) < 4.78 is 33.8. The monoisotopic (exact) mass is 402 g/mol. The first-order valence-corrected chi connectivity index (χ1v) is 9.36. The van der Waals surface area contributed by atoms with Crippen LogP contribution >= 0.6 is 0 Å². The lowest BCUT2D eigenvalue weighted by atomic mass is 10.3. The predicted octanol–water partition coefficient (Wildman–Crippen LogP) is 3.06. The van der Waals surface area contributed by atoms with E-state index in [9.17, 15) is 18.7 Å². The molecule has 0 spiro atoms. The van der Waals surface area contributed by atoms with Gasteiger partial charge in [-0.2, -0.15) is 4.98 Å². The molecular weight excluding hydrogens is 382 g/mol.